The van der Waals surface area contributed by atoms with E-state index in [-0.39, 0.29) is 0 Å². The molecule has 0 spiro atoms. The van der Waals surface area contributed by atoms with Crippen LogP contribution in [0.3, 0.4) is 0 Å². The lowest BCUT2D eigenvalue weighted by atomic mass is 10.2. The van der Waals surface area contributed by atoms with Crippen LogP contribution in [0, 0.1) is 5.92 Å². The molecule has 0 radical (unpaired) electrons. The van der Waals surface area contributed by atoms with Crippen LogP contribution in [0.2, 0.25) is 0 Å². The lowest BCUT2D eigenvalue weighted by Crippen LogP contribution is -1.66. The van der Waals surface area contributed by atoms with Gasteiger partial charge in [-0.2, -0.15) is 0 Å². The average Bonchev–Trinajstić information content (AvgIpc) is 3.11. The standard InChI is InChI=1S/C6H14.C5H10.C3H6/c1-3-5-6-4-2;1-2-5-3-4-5;1-2-3-1/h3-6H2,1-2H3;5H,2-4H2,1H3;1-3H2. The summed E-state index contributed by atoms with van der Waals surface area (Å²) in [5.74, 6) is 1.13. The third kappa shape index (κ3) is 17.9. The van der Waals surface area contributed by atoms with Crippen LogP contribution in [0.15, 0.2) is 0 Å². The molecule has 2 rings (SSSR count). The minimum Gasteiger partial charge on any atom is -0.0654 e. The fraction of sp³-hybridized carbons (Fsp3) is 1.00. The Morgan fingerprint density at radius 1 is 0.786 bits per heavy atom. The summed E-state index contributed by atoms with van der Waals surface area (Å²) < 4.78 is 0. The number of hydrogen-bond donors (Lipinski definition) is 0. The third-order valence-corrected chi connectivity index (χ3v) is 2.58. The summed E-state index contributed by atoms with van der Waals surface area (Å²) in [5.41, 5.74) is 0. The topological polar surface area (TPSA) is 0 Å². The quantitative estimate of drug-likeness (QED) is 0.518. The van der Waals surface area contributed by atoms with Gasteiger partial charge in [-0.05, 0) is 5.92 Å². The van der Waals surface area contributed by atoms with Crippen molar-refractivity contribution in [3.8, 4) is 0 Å². The van der Waals surface area contributed by atoms with Gasteiger partial charge in [-0.15, -0.1) is 0 Å². The van der Waals surface area contributed by atoms with E-state index in [1.165, 1.54) is 64.2 Å². The van der Waals surface area contributed by atoms with Crippen molar-refractivity contribution in [1.29, 1.82) is 0 Å². The molecule has 14 heavy (non-hydrogen) atoms. The number of unbranched alkanes of at least 4 members (excludes halogenated alkanes) is 3. The molecule has 0 saturated heterocycles. The molecule has 0 aromatic rings. The van der Waals surface area contributed by atoms with Gasteiger partial charge in [-0.25, -0.2) is 0 Å². The molecular weight excluding hydrogens is 168 g/mol. The van der Waals surface area contributed by atoms with E-state index < -0.39 is 0 Å². The van der Waals surface area contributed by atoms with Crippen molar-refractivity contribution in [2.24, 2.45) is 5.92 Å². The van der Waals surface area contributed by atoms with E-state index in [1.807, 2.05) is 0 Å². The second-order valence-corrected chi connectivity index (χ2v) is 4.62. The Balaban J connectivity index is 0.000000189. The first kappa shape index (κ1) is 14.0. The monoisotopic (exact) mass is 198 g/mol. The van der Waals surface area contributed by atoms with Crippen molar-refractivity contribution in [2.45, 2.75) is 85.0 Å². The molecular formula is C14H30. The van der Waals surface area contributed by atoms with Crippen LogP contribution < -0.4 is 0 Å². The van der Waals surface area contributed by atoms with Crippen LogP contribution in [0.5, 0.6) is 0 Å². The predicted octanol–water partition coefficient (Wildman–Crippen LogP) is 5.56. The van der Waals surface area contributed by atoms with Crippen LogP contribution >= 0.6 is 0 Å². The van der Waals surface area contributed by atoms with Crippen molar-refractivity contribution >= 4 is 0 Å². The Morgan fingerprint density at radius 3 is 1.29 bits per heavy atom. The minimum atomic E-state index is 1.13. The second-order valence-electron chi connectivity index (χ2n) is 4.62. The second kappa shape index (κ2) is 11.1. The Kier molecular flexibility index (Phi) is 11.1. The minimum absolute atomic E-state index is 1.13. The molecule has 2 saturated carbocycles. The molecule has 0 aromatic carbocycles. The average molecular weight is 198 g/mol. The normalized spacial score (nSPS) is 17.4. The summed E-state index contributed by atoms with van der Waals surface area (Å²) in [6, 6.07) is 0. The van der Waals surface area contributed by atoms with Gasteiger partial charge in [0.1, 0.15) is 0 Å². The third-order valence-electron chi connectivity index (χ3n) is 2.58. The van der Waals surface area contributed by atoms with Gasteiger partial charge in [0.2, 0.25) is 0 Å². The highest BCUT2D eigenvalue weighted by atomic mass is 14.2. The highest BCUT2D eigenvalue weighted by Gasteiger charge is 2.17. The van der Waals surface area contributed by atoms with Crippen LogP contribution in [0.1, 0.15) is 85.0 Å². The van der Waals surface area contributed by atoms with Crippen LogP contribution in [0.4, 0.5) is 0 Å². The SMILES string of the molecule is C1CC1.CCC1CC1.CCCCCC. The Labute approximate surface area is 91.5 Å². The Hall–Kier alpha value is 0. The first-order valence-corrected chi connectivity index (χ1v) is 6.85. The van der Waals surface area contributed by atoms with Gasteiger partial charge in [0.05, 0.1) is 0 Å². The summed E-state index contributed by atoms with van der Waals surface area (Å²) in [6.07, 6.45) is 14.5. The van der Waals surface area contributed by atoms with Crippen molar-refractivity contribution in [3.63, 3.8) is 0 Å². The molecule has 0 nitrogen and oxygen atoms in total. The van der Waals surface area contributed by atoms with Crippen LogP contribution in [0.25, 0.3) is 0 Å². The van der Waals surface area contributed by atoms with E-state index in [4.69, 9.17) is 0 Å². The summed E-state index contributed by atoms with van der Waals surface area (Å²) in [7, 11) is 0. The molecule has 2 aliphatic carbocycles. The van der Waals surface area contributed by atoms with E-state index in [9.17, 15) is 0 Å². The fourth-order valence-electron chi connectivity index (χ4n) is 1.03. The van der Waals surface area contributed by atoms with Crippen molar-refractivity contribution < 1.29 is 0 Å². The summed E-state index contributed by atoms with van der Waals surface area (Å²) in [6.45, 7) is 6.73. The maximum Gasteiger partial charge on any atom is -0.0417 e. The summed E-state index contributed by atoms with van der Waals surface area (Å²) >= 11 is 0. The first-order chi connectivity index (χ1) is 6.85. The molecule has 0 atom stereocenters. The van der Waals surface area contributed by atoms with E-state index in [1.54, 1.807) is 0 Å². The van der Waals surface area contributed by atoms with Gasteiger partial charge in [0.25, 0.3) is 0 Å². The molecule has 0 unspecified atom stereocenters. The van der Waals surface area contributed by atoms with E-state index in [2.05, 4.69) is 20.8 Å². The van der Waals surface area contributed by atoms with E-state index in [0.29, 0.717) is 0 Å². The smallest absolute Gasteiger partial charge is 0.0417 e. The van der Waals surface area contributed by atoms with Gasteiger partial charge < -0.3 is 0 Å². The molecule has 0 bridgehead atoms. The molecule has 0 amide bonds. The predicted molar refractivity (Wildman–Crippen MR) is 66.7 cm³/mol. The summed E-state index contributed by atoms with van der Waals surface area (Å²) in [4.78, 5) is 0. The molecule has 0 heteroatoms. The van der Waals surface area contributed by atoms with Gasteiger partial charge in [-0.3, -0.25) is 0 Å². The zero-order valence-electron chi connectivity index (χ0n) is 10.6. The molecule has 86 valence electrons. The molecule has 0 N–H and O–H groups in total. The molecule has 0 aromatic heterocycles. The van der Waals surface area contributed by atoms with Crippen molar-refractivity contribution in [1.82, 2.24) is 0 Å². The zero-order valence-corrected chi connectivity index (χ0v) is 10.6. The lowest BCUT2D eigenvalue weighted by Gasteiger charge is -1.86. The van der Waals surface area contributed by atoms with Crippen LogP contribution in [-0.2, 0) is 0 Å². The maximum absolute atomic E-state index is 2.26. The Bertz CT molecular complexity index is 83.5. The van der Waals surface area contributed by atoms with E-state index in [0.717, 1.165) is 5.92 Å². The van der Waals surface area contributed by atoms with Crippen LogP contribution in [-0.4, -0.2) is 0 Å². The highest BCUT2D eigenvalue weighted by Crippen LogP contribution is 2.31. The van der Waals surface area contributed by atoms with Gasteiger partial charge >= 0.3 is 0 Å². The van der Waals surface area contributed by atoms with Crippen molar-refractivity contribution in [3.05, 3.63) is 0 Å². The molecule has 2 aliphatic rings. The van der Waals surface area contributed by atoms with Gasteiger partial charge in [-0.1, -0.05) is 85.0 Å². The van der Waals surface area contributed by atoms with Crippen molar-refractivity contribution in [2.75, 3.05) is 0 Å². The van der Waals surface area contributed by atoms with Gasteiger partial charge in [0.15, 0.2) is 0 Å². The van der Waals surface area contributed by atoms with Gasteiger partial charge in [0, 0.05) is 0 Å². The van der Waals surface area contributed by atoms with E-state index >= 15 is 0 Å². The highest BCUT2D eigenvalue weighted by molar-refractivity contribution is 4.69. The maximum atomic E-state index is 2.26. The lowest BCUT2D eigenvalue weighted by molar-refractivity contribution is 0.702. The Morgan fingerprint density at radius 2 is 1.21 bits per heavy atom. The number of rotatable bonds is 4. The largest absolute Gasteiger partial charge is 0.0654 e. The first-order valence-electron chi connectivity index (χ1n) is 6.85. The summed E-state index contributed by atoms with van der Waals surface area (Å²) in [5, 5.41) is 0. The molecule has 2 fully saturated rings. The number of hydrogen-bond acceptors (Lipinski definition) is 0. The molecule has 0 aliphatic heterocycles. The zero-order chi connectivity index (χ0) is 10.6. The molecule has 0 heterocycles. The fourth-order valence-corrected chi connectivity index (χ4v) is 1.03.